The number of hydrogen-bond acceptors (Lipinski definition) is 5. The van der Waals surface area contributed by atoms with E-state index in [1.165, 1.54) is 5.56 Å². The van der Waals surface area contributed by atoms with Crippen LogP contribution < -0.4 is 10.6 Å². The predicted molar refractivity (Wildman–Crippen MR) is 149 cm³/mol. The number of nitrogens with one attached hydrogen (secondary N) is 2. The van der Waals surface area contributed by atoms with Gasteiger partial charge in [-0.25, -0.2) is 0 Å². The maximum atomic E-state index is 13.1. The number of anilines is 2. The number of piperidine rings is 1. The Labute approximate surface area is 227 Å². The predicted octanol–water partition coefficient (Wildman–Crippen LogP) is 5.82. The van der Waals surface area contributed by atoms with Gasteiger partial charge in [0, 0.05) is 41.2 Å². The average molecular weight is 523 g/mol. The Bertz CT molecular complexity index is 1470. The fraction of sp³-hybridized carbons (Fsp3) is 0.226. The molecule has 0 aliphatic carbocycles. The van der Waals surface area contributed by atoms with Crippen LogP contribution in [0.5, 0.6) is 0 Å². The second-order valence-electron chi connectivity index (χ2n) is 9.75. The average Bonchev–Trinajstić information content (AvgIpc) is 3.31. The van der Waals surface area contributed by atoms with E-state index in [2.05, 4.69) is 15.8 Å². The fourth-order valence-electron chi connectivity index (χ4n) is 4.75. The molecule has 0 bridgehead atoms. The molecule has 2 N–H and O–H groups in total. The minimum atomic E-state index is -0.296. The maximum Gasteiger partial charge on any atom is 0.278 e. The normalized spacial score (nSPS) is 13.6. The van der Waals surface area contributed by atoms with Crippen molar-refractivity contribution in [2.45, 2.75) is 32.6 Å². The van der Waals surface area contributed by atoms with E-state index >= 15 is 0 Å². The van der Waals surface area contributed by atoms with Gasteiger partial charge in [0.1, 0.15) is 5.76 Å². The van der Waals surface area contributed by atoms with Gasteiger partial charge in [0.05, 0.1) is 0 Å². The number of likely N-dealkylation sites (tertiary alicyclic amines) is 1. The molecule has 3 amide bonds. The largest absolute Gasteiger partial charge is 0.361 e. The van der Waals surface area contributed by atoms with Crippen LogP contribution in [0.3, 0.4) is 0 Å². The van der Waals surface area contributed by atoms with Crippen molar-refractivity contribution in [1.29, 1.82) is 0 Å². The van der Waals surface area contributed by atoms with E-state index in [0.29, 0.717) is 53.0 Å². The van der Waals surface area contributed by atoms with Crippen molar-refractivity contribution >= 4 is 29.1 Å². The molecule has 8 heteroatoms. The van der Waals surface area contributed by atoms with Crippen LogP contribution in [0.1, 0.15) is 66.9 Å². The highest BCUT2D eigenvalue weighted by molar-refractivity contribution is 6.05. The molecule has 0 unspecified atom stereocenters. The third-order valence-corrected chi connectivity index (χ3v) is 7.22. The van der Waals surface area contributed by atoms with Gasteiger partial charge in [-0.05, 0) is 86.7 Å². The van der Waals surface area contributed by atoms with Gasteiger partial charge < -0.3 is 20.1 Å². The van der Waals surface area contributed by atoms with Crippen molar-refractivity contribution in [3.8, 4) is 0 Å². The molecule has 0 atom stereocenters. The number of rotatable bonds is 6. The van der Waals surface area contributed by atoms with Crippen molar-refractivity contribution in [1.82, 2.24) is 10.1 Å². The first-order valence-corrected chi connectivity index (χ1v) is 13.0. The van der Waals surface area contributed by atoms with Gasteiger partial charge in [0.2, 0.25) is 0 Å². The van der Waals surface area contributed by atoms with E-state index in [4.69, 9.17) is 4.52 Å². The van der Waals surface area contributed by atoms with Crippen LogP contribution in [0.15, 0.2) is 83.4 Å². The van der Waals surface area contributed by atoms with Crippen LogP contribution in [-0.4, -0.2) is 40.9 Å². The molecule has 198 valence electrons. The molecule has 39 heavy (non-hydrogen) atoms. The van der Waals surface area contributed by atoms with Crippen LogP contribution in [0.25, 0.3) is 0 Å². The van der Waals surface area contributed by atoms with Gasteiger partial charge in [-0.15, -0.1) is 0 Å². The third kappa shape index (κ3) is 5.90. The van der Waals surface area contributed by atoms with E-state index in [1.807, 2.05) is 54.3 Å². The molecule has 1 aliphatic rings. The standard InChI is InChI=1S/C31H30N4O4/c1-20-21(2)39-34-28(20)30(37)33-27-12-8-22(9-13-27)23-16-18-35(19-17-23)31(38)25-10-14-26(15-11-25)32-29(36)24-6-4-3-5-7-24/h3-15,23H,16-19H2,1-2H3,(H,32,36)(H,33,37). The van der Waals surface area contributed by atoms with Gasteiger partial charge >= 0.3 is 0 Å². The first kappa shape index (κ1) is 25.9. The summed E-state index contributed by atoms with van der Waals surface area (Å²) < 4.78 is 5.09. The van der Waals surface area contributed by atoms with E-state index < -0.39 is 0 Å². The first-order chi connectivity index (χ1) is 18.9. The summed E-state index contributed by atoms with van der Waals surface area (Å²) in [5.74, 6) is 0.480. The number of benzene rings is 3. The molecule has 0 radical (unpaired) electrons. The quantitative estimate of drug-likeness (QED) is 0.332. The molecular formula is C31H30N4O4. The molecule has 8 nitrogen and oxygen atoms in total. The van der Waals surface area contributed by atoms with Gasteiger partial charge in [-0.3, -0.25) is 14.4 Å². The number of aromatic nitrogens is 1. The minimum absolute atomic E-state index is 0.00849. The molecule has 2 heterocycles. The molecule has 1 aliphatic heterocycles. The van der Waals surface area contributed by atoms with Crippen LogP contribution in [0.4, 0.5) is 11.4 Å². The maximum absolute atomic E-state index is 13.1. The molecule has 3 aromatic carbocycles. The van der Waals surface area contributed by atoms with E-state index in [9.17, 15) is 14.4 Å². The lowest BCUT2D eigenvalue weighted by Gasteiger charge is -2.32. The number of carbonyl (C=O) groups is 3. The van der Waals surface area contributed by atoms with Crippen LogP contribution in [0.2, 0.25) is 0 Å². The highest BCUT2D eigenvalue weighted by atomic mass is 16.5. The molecule has 1 fully saturated rings. The zero-order valence-electron chi connectivity index (χ0n) is 21.9. The Balaban J connectivity index is 1.13. The van der Waals surface area contributed by atoms with Crippen molar-refractivity contribution in [2.75, 3.05) is 23.7 Å². The molecule has 1 aromatic heterocycles. The van der Waals surface area contributed by atoms with Gasteiger partial charge in [0.15, 0.2) is 5.69 Å². The van der Waals surface area contributed by atoms with Gasteiger partial charge in [-0.1, -0.05) is 35.5 Å². The lowest BCUT2D eigenvalue weighted by Crippen LogP contribution is -2.37. The summed E-state index contributed by atoms with van der Waals surface area (Å²) in [5.41, 5.74) is 4.73. The van der Waals surface area contributed by atoms with Crippen molar-refractivity contribution < 1.29 is 18.9 Å². The summed E-state index contributed by atoms with van der Waals surface area (Å²) in [5, 5.41) is 9.56. The van der Waals surface area contributed by atoms with Crippen molar-refractivity contribution in [3.05, 3.63) is 113 Å². The lowest BCUT2D eigenvalue weighted by molar-refractivity contribution is 0.0712. The molecule has 0 saturated carbocycles. The van der Waals surface area contributed by atoms with Gasteiger partial charge in [0.25, 0.3) is 17.7 Å². The number of aryl methyl sites for hydroxylation is 1. The molecule has 0 spiro atoms. The molecule has 5 rings (SSSR count). The Hall–Kier alpha value is -4.72. The number of amides is 3. The minimum Gasteiger partial charge on any atom is -0.361 e. The van der Waals surface area contributed by atoms with E-state index in [-0.39, 0.29) is 17.7 Å². The van der Waals surface area contributed by atoms with E-state index in [1.54, 1.807) is 43.3 Å². The van der Waals surface area contributed by atoms with Crippen LogP contribution >= 0.6 is 0 Å². The Kier molecular flexibility index (Phi) is 7.54. The summed E-state index contributed by atoms with van der Waals surface area (Å²) in [6.07, 6.45) is 1.72. The lowest BCUT2D eigenvalue weighted by atomic mass is 9.89. The summed E-state index contributed by atoms with van der Waals surface area (Å²) >= 11 is 0. The summed E-state index contributed by atoms with van der Waals surface area (Å²) in [4.78, 5) is 39.8. The monoisotopic (exact) mass is 522 g/mol. The highest BCUT2D eigenvalue weighted by Crippen LogP contribution is 2.30. The number of nitrogens with zero attached hydrogens (tertiary/aromatic N) is 2. The highest BCUT2D eigenvalue weighted by Gasteiger charge is 2.25. The number of carbonyl (C=O) groups excluding carboxylic acids is 3. The first-order valence-electron chi connectivity index (χ1n) is 13.0. The third-order valence-electron chi connectivity index (χ3n) is 7.22. The summed E-state index contributed by atoms with van der Waals surface area (Å²) in [6, 6.07) is 23.9. The smallest absolute Gasteiger partial charge is 0.278 e. The van der Waals surface area contributed by atoms with Crippen LogP contribution in [-0.2, 0) is 0 Å². The van der Waals surface area contributed by atoms with Crippen LogP contribution in [0, 0.1) is 13.8 Å². The van der Waals surface area contributed by atoms with Crippen molar-refractivity contribution in [3.63, 3.8) is 0 Å². The zero-order valence-corrected chi connectivity index (χ0v) is 21.9. The Morgan fingerprint density at radius 2 is 1.36 bits per heavy atom. The Morgan fingerprint density at radius 3 is 1.95 bits per heavy atom. The molecule has 1 saturated heterocycles. The van der Waals surface area contributed by atoms with Crippen molar-refractivity contribution in [2.24, 2.45) is 0 Å². The van der Waals surface area contributed by atoms with Gasteiger partial charge in [-0.2, -0.15) is 0 Å². The summed E-state index contributed by atoms with van der Waals surface area (Å²) in [6.45, 7) is 4.92. The van der Waals surface area contributed by atoms with E-state index in [0.717, 1.165) is 18.4 Å². The second kappa shape index (κ2) is 11.3. The summed E-state index contributed by atoms with van der Waals surface area (Å²) in [7, 11) is 0. The topological polar surface area (TPSA) is 105 Å². The fourth-order valence-corrected chi connectivity index (χ4v) is 4.75. The molecular weight excluding hydrogens is 492 g/mol. The molecule has 4 aromatic rings. The number of hydrogen-bond donors (Lipinski definition) is 2. The Morgan fingerprint density at radius 1 is 0.769 bits per heavy atom. The zero-order chi connectivity index (χ0) is 27.4. The SMILES string of the molecule is Cc1onc(C(=O)Nc2ccc(C3CCN(C(=O)c4ccc(NC(=O)c5ccccc5)cc4)CC3)cc2)c1C. The second-order valence-corrected chi connectivity index (χ2v) is 9.75.